The first-order chi connectivity index (χ1) is 17.5. The first kappa shape index (κ1) is 24.1. The maximum Gasteiger partial charge on any atom is 0.326 e. The lowest BCUT2D eigenvalue weighted by atomic mass is 9.82. The van der Waals surface area contributed by atoms with Gasteiger partial charge in [-0.25, -0.2) is 0 Å². The van der Waals surface area contributed by atoms with Gasteiger partial charge in [0.25, 0.3) is 0 Å². The molecule has 196 valence electrons. The molecule has 1 aromatic carbocycles. The van der Waals surface area contributed by atoms with Gasteiger partial charge in [0.1, 0.15) is 24.9 Å². The molecule has 0 bridgehead atoms. The van der Waals surface area contributed by atoms with Crippen LogP contribution >= 0.6 is 0 Å². The van der Waals surface area contributed by atoms with E-state index < -0.39 is 64.8 Å². The van der Waals surface area contributed by atoms with Crippen molar-refractivity contribution in [2.24, 2.45) is 0 Å². The van der Waals surface area contributed by atoms with Crippen molar-refractivity contribution in [1.82, 2.24) is 4.90 Å². The van der Waals surface area contributed by atoms with Gasteiger partial charge in [0, 0.05) is 24.3 Å². The lowest BCUT2D eigenvalue weighted by molar-refractivity contribution is -0.310. The standard InChI is InChI=1S/C26H27NO10/c1-5-14-19-17-11(6-9(2)27(19)8-15(29)36-14)16-12(20(17)30)7-13(28)18-23(21(16)31)37-25-26(18,33)24(32)22(34-4)10(3)35-25/h6-7,9-10,14,22,24-25,31-33H,5,8H2,1-4H3. The molecule has 0 aromatic heterocycles. The van der Waals surface area contributed by atoms with Crippen LogP contribution in [0.3, 0.4) is 0 Å². The van der Waals surface area contributed by atoms with E-state index >= 15 is 0 Å². The van der Waals surface area contributed by atoms with Crippen LogP contribution in [-0.4, -0.2) is 82.4 Å². The van der Waals surface area contributed by atoms with Gasteiger partial charge in [0.05, 0.1) is 22.9 Å². The Kier molecular flexibility index (Phi) is 5.13. The zero-order chi connectivity index (χ0) is 26.5. The molecule has 0 spiro atoms. The molecule has 7 unspecified atom stereocenters. The minimum atomic E-state index is -2.34. The van der Waals surface area contributed by atoms with E-state index in [0.717, 1.165) is 6.07 Å². The number of aromatic hydroxyl groups is 1. The number of aliphatic hydroxyl groups is 2. The van der Waals surface area contributed by atoms with E-state index in [2.05, 4.69) is 0 Å². The van der Waals surface area contributed by atoms with Gasteiger partial charge in [0.15, 0.2) is 28.3 Å². The number of ketones is 1. The largest absolute Gasteiger partial charge is 0.504 e. The fraction of sp³-hybridized carbons (Fsp3) is 0.500. The number of esters is 1. The summed E-state index contributed by atoms with van der Waals surface area (Å²) in [6.45, 7) is 5.28. The Morgan fingerprint density at radius 3 is 2.62 bits per heavy atom. The number of morpholine rings is 1. The molecule has 4 aliphatic heterocycles. The van der Waals surface area contributed by atoms with Gasteiger partial charge in [-0.1, -0.05) is 13.0 Å². The quantitative estimate of drug-likeness (QED) is 0.469. The average Bonchev–Trinajstić information content (AvgIpc) is 3.26. The molecule has 2 saturated heterocycles. The molecule has 0 radical (unpaired) electrons. The van der Waals surface area contributed by atoms with Crippen molar-refractivity contribution in [1.29, 1.82) is 0 Å². The highest BCUT2D eigenvalue weighted by atomic mass is 16.7. The van der Waals surface area contributed by atoms with Crippen molar-refractivity contribution in [2.75, 3.05) is 13.7 Å². The number of carbonyl (C=O) groups is 2. The number of fused-ring (bicyclic) bond motifs is 7. The van der Waals surface area contributed by atoms with Gasteiger partial charge in [0.2, 0.25) is 6.29 Å². The summed E-state index contributed by atoms with van der Waals surface area (Å²) in [5.74, 6) is -1.80. The van der Waals surface area contributed by atoms with E-state index in [0.29, 0.717) is 17.7 Å². The Morgan fingerprint density at radius 2 is 1.95 bits per heavy atom. The molecule has 2 fully saturated rings. The third-order valence-corrected chi connectivity index (χ3v) is 8.01. The second-order valence-electron chi connectivity index (χ2n) is 10.0. The Balaban J connectivity index is 1.59. The number of methoxy groups -OCH3 is 1. The number of carbonyl (C=O) groups excluding carboxylic acids is 2. The van der Waals surface area contributed by atoms with Crippen molar-refractivity contribution in [3.05, 3.63) is 50.3 Å². The number of cyclic esters (lactones) is 1. The van der Waals surface area contributed by atoms with Crippen molar-refractivity contribution in [2.45, 2.75) is 69.5 Å². The maximum absolute atomic E-state index is 13.8. The van der Waals surface area contributed by atoms with E-state index in [9.17, 15) is 29.7 Å². The number of hydrogen-bond donors (Lipinski definition) is 3. The maximum atomic E-state index is 13.8. The zero-order valence-corrected chi connectivity index (χ0v) is 20.7. The summed E-state index contributed by atoms with van der Waals surface area (Å²) in [5, 5.41) is 34.1. The van der Waals surface area contributed by atoms with Gasteiger partial charge < -0.3 is 39.2 Å². The summed E-state index contributed by atoms with van der Waals surface area (Å²) in [5.41, 5.74) is -2.38. The molecular formula is C26H27NO10. The minimum Gasteiger partial charge on any atom is -0.504 e. The van der Waals surface area contributed by atoms with Gasteiger partial charge >= 0.3 is 5.97 Å². The molecule has 1 aromatic rings. The highest BCUT2D eigenvalue weighted by Gasteiger charge is 2.63. The molecule has 11 heteroatoms. The summed E-state index contributed by atoms with van der Waals surface area (Å²) < 4.78 is 22.3. The summed E-state index contributed by atoms with van der Waals surface area (Å²) in [4.78, 5) is 41.3. The highest BCUT2D eigenvalue weighted by molar-refractivity contribution is 6.28. The number of hydrogen-bond acceptors (Lipinski definition) is 11. The van der Waals surface area contributed by atoms with E-state index in [1.54, 1.807) is 17.9 Å². The van der Waals surface area contributed by atoms with Crippen LogP contribution < -0.4 is 10.2 Å². The molecule has 4 heterocycles. The number of allylic oxidation sites excluding steroid dienone is 2. The first-order valence-corrected chi connectivity index (χ1v) is 12.2. The monoisotopic (exact) mass is 513 g/mol. The van der Waals surface area contributed by atoms with Gasteiger partial charge in [-0.15, -0.1) is 0 Å². The van der Waals surface area contributed by atoms with E-state index in [1.807, 2.05) is 13.8 Å². The predicted octanol–water partition coefficient (Wildman–Crippen LogP) is 0.326. The number of rotatable bonds is 2. The number of nitrogens with zero attached hydrogens (tertiary/aromatic N) is 1. The Bertz CT molecular complexity index is 1380. The molecule has 7 atom stereocenters. The number of ether oxygens (including phenoxy) is 4. The van der Waals surface area contributed by atoms with E-state index in [-0.39, 0.29) is 35.0 Å². The third kappa shape index (κ3) is 2.93. The number of aliphatic hydroxyl groups excluding tert-OH is 1. The minimum absolute atomic E-state index is 0.0300. The van der Waals surface area contributed by atoms with Crippen LogP contribution in [0.2, 0.25) is 0 Å². The van der Waals surface area contributed by atoms with Gasteiger partial charge in [-0.3, -0.25) is 14.4 Å². The lowest BCUT2D eigenvalue weighted by Gasteiger charge is -2.44. The van der Waals surface area contributed by atoms with Crippen LogP contribution in [0.4, 0.5) is 0 Å². The van der Waals surface area contributed by atoms with Crippen molar-refractivity contribution < 1.29 is 43.9 Å². The third-order valence-electron chi connectivity index (χ3n) is 8.01. The Labute approximate surface area is 211 Å². The van der Waals surface area contributed by atoms with Crippen molar-refractivity contribution in [3.63, 3.8) is 0 Å². The Morgan fingerprint density at radius 1 is 1.22 bits per heavy atom. The van der Waals surface area contributed by atoms with Crippen LogP contribution in [0.15, 0.2) is 28.2 Å². The fourth-order valence-electron chi connectivity index (χ4n) is 6.27. The molecule has 6 rings (SSSR count). The SMILES string of the molecule is CCC1OC(=O)CN2C1=C1C(=O)c3cc(=O)c4c(c(O)c3C1=CC2C)OC1OC(C)C(OC)C(O)C41O. The summed E-state index contributed by atoms with van der Waals surface area (Å²) in [7, 11) is 1.34. The van der Waals surface area contributed by atoms with Crippen LogP contribution in [0.25, 0.3) is 5.57 Å². The first-order valence-electron chi connectivity index (χ1n) is 12.2. The van der Waals surface area contributed by atoms with E-state index in [4.69, 9.17) is 18.9 Å². The van der Waals surface area contributed by atoms with Crippen LogP contribution in [0.5, 0.6) is 11.5 Å². The van der Waals surface area contributed by atoms with Gasteiger partial charge in [-0.05, 0) is 31.9 Å². The van der Waals surface area contributed by atoms with Crippen LogP contribution in [0.1, 0.15) is 48.7 Å². The summed E-state index contributed by atoms with van der Waals surface area (Å²) >= 11 is 0. The average molecular weight is 513 g/mol. The zero-order valence-electron chi connectivity index (χ0n) is 20.7. The summed E-state index contributed by atoms with van der Waals surface area (Å²) in [6.07, 6.45) is -3.27. The lowest BCUT2D eigenvalue weighted by Crippen LogP contribution is -2.63. The highest BCUT2D eigenvalue weighted by Crippen LogP contribution is 2.55. The normalized spacial score (nSPS) is 35.6. The predicted molar refractivity (Wildman–Crippen MR) is 126 cm³/mol. The summed E-state index contributed by atoms with van der Waals surface area (Å²) in [6, 6.07) is 0.726. The Hall–Kier alpha value is -3.25. The molecule has 37 heavy (non-hydrogen) atoms. The number of Topliss-reactive ketones (excluding diaryl/α,β-unsaturated/α-hetero) is 1. The van der Waals surface area contributed by atoms with Crippen molar-refractivity contribution in [3.8, 4) is 11.5 Å². The molecule has 1 aliphatic carbocycles. The van der Waals surface area contributed by atoms with E-state index in [1.165, 1.54) is 7.11 Å². The van der Waals surface area contributed by atoms with Gasteiger partial charge in [-0.2, -0.15) is 0 Å². The molecule has 0 saturated carbocycles. The second kappa shape index (κ2) is 7.87. The second-order valence-corrected chi connectivity index (χ2v) is 10.0. The molecule has 5 aliphatic rings. The molecule has 11 nitrogen and oxygen atoms in total. The van der Waals surface area contributed by atoms with Crippen LogP contribution in [-0.2, 0) is 24.6 Å². The smallest absolute Gasteiger partial charge is 0.326 e. The molecule has 3 N–H and O–H groups in total. The molecule has 0 amide bonds. The fourth-order valence-corrected chi connectivity index (χ4v) is 6.27. The molecular weight excluding hydrogens is 486 g/mol. The van der Waals surface area contributed by atoms with Crippen LogP contribution in [0, 0.1) is 0 Å². The topological polar surface area (TPSA) is 152 Å². The van der Waals surface area contributed by atoms with Crippen molar-refractivity contribution >= 4 is 17.3 Å².